The first-order chi connectivity index (χ1) is 12.5. The summed E-state index contributed by atoms with van der Waals surface area (Å²) in [5, 5.41) is 15.7. The number of benzene rings is 2. The second kappa shape index (κ2) is 6.34. The predicted molar refractivity (Wildman–Crippen MR) is 95.0 cm³/mol. The Kier molecular flexibility index (Phi) is 4.00. The zero-order chi connectivity index (χ0) is 18.3. The van der Waals surface area contributed by atoms with E-state index in [9.17, 15) is 14.5 Å². The highest BCUT2D eigenvalue weighted by Crippen LogP contribution is 2.34. The van der Waals surface area contributed by atoms with Crippen molar-refractivity contribution < 1.29 is 9.31 Å². The maximum Gasteiger partial charge on any atom is 0.269 e. The Morgan fingerprint density at radius 3 is 2.77 bits per heavy atom. The summed E-state index contributed by atoms with van der Waals surface area (Å²) < 4.78 is 16.2. The van der Waals surface area contributed by atoms with Gasteiger partial charge in [0.25, 0.3) is 5.69 Å². The van der Waals surface area contributed by atoms with Gasteiger partial charge in [-0.05, 0) is 24.7 Å². The Labute approximate surface area is 149 Å². The van der Waals surface area contributed by atoms with Crippen LogP contribution in [-0.2, 0) is 19.6 Å². The van der Waals surface area contributed by atoms with E-state index in [1.165, 1.54) is 18.2 Å². The van der Waals surface area contributed by atoms with E-state index in [-0.39, 0.29) is 11.5 Å². The first-order valence-corrected chi connectivity index (χ1v) is 8.28. The van der Waals surface area contributed by atoms with Gasteiger partial charge in [-0.3, -0.25) is 19.7 Å². The molecule has 0 atom stereocenters. The van der Waals surface area contributed by atoms with Crippen LogP contribution in [-0.4, -0.2) is 26.7 Å². The number of halogens is 1. The van der Waals surface area contributed by atoms with Gasteiger partial charge in [-0.25, -0.2) is 4.39 Å². The summed E-state index contributed by atoms with van der Waals surface area (Å²) in [4.78, 5) is 12.7. The molecule has 0 saturated heterocycles. The second-order valence-corrected chi connectivity index (χ2v) is 6.51. The van der Waals surface area contributed by atoms with Crippen LogP contribution in [0.25, 0.3) is 11.3 Å². The molecule has 1 aliphatic rings. The number of aromatic nitrogens is 2. The normalized spacial score (nSPS) is 13.8. The second-order valence-electron chi connectivity index (χ2n) is 6.51. The Balaban J connectivity index is 1.80. The van der Waals surface area contributed by atoms with Crippen LogP contribution in [0.2, 0.25) is 0 Å². The minimum atomic E-state index is -0.417. The molecule has 0 aliphatic carbocycles. The molecule has 3 aromatic rings. The van der Waals surface area contributed by atoms with Crippen molar-refractivity contribution in [2.24, 2.45) is 0 Å². The molecule has 1 aromatic heterocycles. The molecule has 0 spiro atoms. The van der Waals surface area contributed by atoms with Crippen LogP contribution < -0.4 is 0 Å². The number of nitro benzene ring substituents is 1. The van der Waals surface area contributed by atoms with Gasteiger partial charge < -0.3 is 0 Å². The molecule has 26 heavy (non-hydrogen) atoms. The molecule has 2 aromatic carbocycles. The summed E-state index contributed by atoms with van der Waals surface area (Å²) in [5.74, 6) is -0.301. The summed E-state index contributed by atoms with van der Waals surface area (Å²) in [5.41, 5.74) is 3.98. The highest BCUT2D eigenvalue weighted by Gasteiger charge is 2.27. The van der Waals surface area contributed by atoms with Gasteiger partial charge in [0, 0.05) is 36.3 Å². The van der Waals surface area contributed by atoms with Gasteiger partial charge in [0.1, 0.15) is 5.82 Å². The molecule has 0 amide bonds. The lowest BCUT2D eigenvalue weighted by atomic mass is 10.1. The average molecular weight is 352 g/mol. The van der Waals surface area contributed by atoms with Crippen molar-refractivity contribution in [3.63, 3.8) is 0 Å². The molecule has 0 radical (unpaired) electrons. The summed E-state index contributed by atoms with van der Waals surface area (Å²) in [6.45, 7) is 1.76. The van der Waals surface area contributed by atoms with Crippen molar-refractivity contribution in [1.29, 1.82) is 0 Å². The SMILES string of the molecule is CN1Cc2nn(Cc3cccc([N+](=O)[O-])c3)c(-c3ccccc3F)c2C1. The molecule has 2 heterocycles. The molecule has 132 valence electrons. The Morgan fingerprint density at radius 1 is 1.19 bits per heavy atom. The molecule has 7 heteroatoms. The molecule has 1 aliphatic heterocycles. The first kappa shape index (κ1) is 16.4. The Bertz CT molecular complexity index is 999. The zero-order valence-electron chi connectivity index (χ0n) is 14.2. The van der Waals surface area contributed by atoms with E-state index in [0.29, 0.717) is 25.2 Å². The molecule has 4 rings (SSSR count). The minimum Gasteiger partial charge on any atom is -0.296 e. The minimum absolute atomic E-state index is 0.0365. The van der Waals surface area contributed by atoms with Crippen molar-refractivity contribution in [3.05, 3.63) is 81.3 Å². The maximum absolute atomic E-state index is 14.5. The maximum atomic E-state index is 14.5. The highest BCUT2D eigenvalue weighted by molar-refractivity contribution is 5.66. The molecular formula is C19H17FN4O2. The van der Waals surface area contributed by atoms with Crippen LogP contribution in [0.15, 0.2) is 48.5 Å². The third kappa shape index (κ3) is 2.86. The monoisotopic (exact) mass is 352 g/mol. The fraction of sp³-hybridized carbons (Fsp3) is 0.211. The van der Waals surface area contributed by atoms with Crippen molar-refractivity contribution in [3.8, 4) is 11.3 Å². The predicted octanol–water partition coefficient (Wildman–Crippen LogP) is 3.59. The smallest absolute Gasteiger partial charge is 0.269 e. The standard InChI is InChI=1S/C19H17FN4O2/c1-22-11-16-18(12-22)21-23(19(16)15-7-2-3-8-17(15)20)10-13-5-4-6-14(9-13)24(25)26/h2-9H,10-12H2,1H3. The number of hydrogen-bond acceptors (Lipinski definition) is 4. The van der Waals surface area contributed by atoms with Crippen LogP contribution in [0.3, 0.4) is 0 Å². The van der Waals surface area contributed by atoms with Gasteiger partial charge in [0.15, 0.2) is 0 Å². The number of hydrogen-bond donors (Lipinski definition) is 0. The molecular weight excluding hydrogens is 335 g/mol. The van der Waals surface area contributed by atoms with Gasteiger partial charge in [-0.15, -0.1) is 0 Å². The molecule has 0 fully saturated rings. The quantitative estimate of drug-likeness (QED) is 0.532. The van der Waals surface area contributed by atoms with E-state index in [2.05, 4.69) is 10.00 Å². The van der Waals surface area contributed by atoms with Crippen LogP contribution in [0.5, 0.6) is 0 Å². The highest BCUT2D eigenvalue weighted by atomic mass is 19.1. The van der Waals surface area contributed by atoms with E-state index in [0.717, 1.165) is 22.5 Å². The summed E-state index contributed by atoms with van der Waals surface area (Å²) in [7, 11) is 2.00. The molecule has 6 nitrogen and oxygen atoms in total. The van der Waals surface area contributed by atoms with Crippen molar-refractivity contribution >= 4 is 5.69 Å². The van der Waals surface area contributed by atoms with E-state index < -0.39 is 4.92 Å². The number of nitrogens with zero attached hydrogens (tertiary/aromatic N) is 4. The van der Waals surface area contributed by atoms with E-state index in [1.807, 2.05) is 13.1 Å². The topological polar surface area (TPSA) is 64.2 Å². The molecule has 0 N–H and O–H groups in total. The molecule has 0 saturated carbocycles. The fourth-order valence-corrected chi connectivity index (χ4v) is 3.43. The van der Waals surface area contributed by atoms with Crippen LogP contribution >= 0.6 is 0 Å². The van der Waals surface area contributed by atoms with Gasteiger partial charge in [-0.1, -0.05) is 24.3 Å². The Hall–Kier alpha value is -3.06. The van der Waals surface area contributed by atoms with Gasteiger partial charge in [-0.2, -0.15) is 5.10 Å². The lowest BCUT2D eigenvalue weighted by Crippen LogP contribution is -2.13. The van der Waals surface area contributed by atoms with Crippen molar-refractivity contribution in [1.82, 2.24) is 14.7 Å². The van der Waals surface area contributed by atoms with E-state index in [4.69, 9.17) is 0 Å². The zero-order valence-corrected chi connectivity index (χ0v) is 14.2. The lowest BCUT2D eigenvalue weighted by molar-refractivity contribution is -0.384. The lowest BCUT2D eigenvalue weighted by Gasteiger charge is -2.13. The first-order valence-electron chi connectivity index (χ1n) is 8.28. The Morgan fingerprint density at radius 2 is 2.00 bits per heavy atom. The van der Waals surface area contributed by atoms with E-state index in [1.54, 1.807) is 28.9 Å². The van der Waals surface area contributed by atoms with Crippen molar-refractivity contribution in [2.45, 2.75) is 19.6 Å². The van der Waals surface area contributed by atoms with Crippen LogP contribution in [0, 0.1) is 15.9 Å². The summed E-state index contributed by atoms with van der Waals surface area (Å²) in [6, 6.07) is 13.1. The third-order valence-electron chi connectivity index (χ3n) is 4.56. The number of fused-ring (bicyclic) bond motifs is 1. The van der Waals surface area contributed by atoms with E-state index >= 15 is 0 Å². The number of non-ortho nitro benzene ring substituents is 1. The van der Waals surface area contributed by atoms with Crippen LogP contribution in [0.4, 0.5) is 10.1 Å². The summed E-state index contributed by atoms with van der Waals surface area (Å²) >= 11 is 0. The summed E-state index contributed by atoms with van der Waals surface area (Å²) in [6.07, 6.45) is 0. The van der Waals surface area contributed by atoms with Crippen molar-refractivity contribution in [2.75, 3.05) is 7.05 Å². The third-order valence-corrected chi connectivity index (χ3v) is 4.56. The number of nitro groups is 1. The fourth-order valence-electron chi connectivity index (χ4n) is 3.43. The molecule has 0 bridgehead atoms. The van der Waals surface area contributed by atoms with Gasteiger partial charge in [0.2, 0.25) is 0 Å². The number of rotatable bonds is 4. The van der Waals surface area contributed by atoms with Crippen LogP contribution in [0.1, 0.15) is 16.8 Å². The largest absolute Gasteiger partial charge is 0.296 e. The molecule has 0 unspecified atom stereocenters. The average Bonchev–Trinajstić information content (AvgIpc) is 3.11. The van der Waals surface area contributed by atoms with Gasteiger partial charge >= 0.3 is 0 Å². The van der Waals surface area contributed by atoms with Gasteiger partial charge in [0.05, 0.1) is 22.9 Å².